The Morgan fingerprint density at radius 2 is 1.80 bits per heavy atom. The molecule has 1 aromatic heterocycles. The molecule has 0 unspecified atom stereocenters. The zero-order chi connectivity index (χ0) is 18.2. The van der Waals surface area contributed by atoms with Crippen molar-refractivity contribution in [3.05, 3.63) is 29.8 Å². The maximum atomic E-state index is 11.5. The normalized spacial score (nSPS) is 11.5. The quantitative estimate of drug-likeness (QED) is 0.704. The maximum absolute atomic E-state index is 11.5. The molecule has 8 nitrogen and oxygen atoms in total. The van der Waals surface area contributed by atoms with Gasteiger partial charge in [0.25, 0.3) is 0 Å². The van der Waals surface area contributed by atoms with E-state index < -0.39 is 5.97 Å². The van der Waals surface area contributed by atoms with Crippen LogP contribution >= 0.6 is 0 Å². The van der Waals surface area contributed by atoms with Crippen LogP contribution in [0.3, 0.4) is 0 Å². The average Bonchev–Trinajstić information content (AvgIpc) is 2.61. The number of hydrogen-bond donors (Lipinski definition) is 2. The smallest absolute Gasteiger partial charge is 0.337 e. The Bertz CT molecular complexity index is 706. The van der Waals surface area contributed by atoms with Gasteiger partial charge >= 0.3 is 12.0 Å². The minimum absolute atomic E-state index is 0.169. The van der Waals surface area contributed by atoms with Gasteiger partial charge in [0.2, 0.25) is 11.9 Å². The Morgan fingerprint density at radius 1 is 1.12 bits per heavy atom. The van der Waals surface area contributed by atoms with Crippen molar-refractivity contribution < 1.29 is 14.3 Å². The van der Waals surface area contributed by atoms with Gasteiger partial charge in [-0.25, -0.2) is 4.79 Å². The van der Waals surface area contributed by atoms with E-state index in [-0.39, 0.29) is 12.1 Å². The molecular formula is C17H23N5O3. The van der Waals surface area contributed by atoms with Crippen molar-refractivity contribution in [2.45, 2.75) is 33.2 Å². The number of esters is 1. The van der Waals surface area contributed by atoms with Crippen LogP contribution in [-0.4, -0.2) is 40.6 Å². The van der Waals surface area contributed by atoms with Gasteiger partial charge in [0.15, 0.2) is 0 Å². The SMILES string of the molecule is CCNc1nc(N[C@H](C)CC)nc(Oc2ccc(C(=O)OC)cc2)n1. The van der Waals surface area contributed by atoms with Gasteiger partial charge < -0.3 is 20.1 Å². The largest absolute Gasteiger partial charge is 0.465 e. The summed E-state index contributed by atoms with van der Waals surface area (Å²) in [5.74, 6) is 0.989. The van der Waals surface area contributed by atoms with Gasteiger partial charge in [-0.05, 0) is 44.5 Å². The molecule has 2 aromatic rings. The molecule has 25 heavy (non-hydrogen) atoms. The lowest BCUT2D eigenvalue weighted by Gasteiger charge is -2.13. The summed E-state index contributed by atoms with van der Waals surface area (Å²) in [6.07, 6.45) is 0.938. The number of carbonyl (C=O) groups is 1. The van der Waals surface area contributed by atoms with Crippen molar-refractivity contribution >= 4 is 17.9 Å². The molecule has 2 rings (SSSR count). The molecule has 0 saturated carbocycles. The minimum atomic E-state index is -0.402. The summed E-state index contributed by atoms with van der Waals surface area (Å²) < 4.78 is 10.4. The second-order valence-electron chi connectivity index (χ2n) is 5.37. The lowest BCUT2D eigenvalue weighted by atomic mass is 10.2. The highest BCUT2D eigenvalue weighted by Gasteiger charge is 2.11. The molecular weight excluding hydrogens is 322 g/mol. The minimum Gasteiger partial charge on any atom is -0.465 e. The summed E-state index contributed by atoms with van der Waals surface area (Å²) >= 11 is 0. The van der Waals surface area contributed by atoms with Gasteiger partial charge in [0.05, 0.1) is 12.7 Å². The number of aromatic nitrogens is 3. The zero-order valence-corrected chi connectivity index (χ0v) is 14.9. The summed E-state index contributed by atoms with van der Waals surface area (Å²) in [5.41, 5.74) is 0.443. The van der Waals surface area contributed by atoms with Crippen molar-refractivity contribution in [3.63, 3.8) is 0 Å². The number of benzene rings is 1. The second-order valence-corrected chi connectivity index (χ2v) is 5.37. The number of nitrogens with zero attached hydrogens (tertiary/aromatic N) is 3. The van der Waals surface area contributed by atoms with Crippen LogP contribution in [0.5, 0.6) is 11.8 Å². The van der Waals surface area contributed by atoms with E-state index in [0.29, 0.717) is 29.8 Å². The fourth-order valence-corrected chi connectivity index (χ4v) is 1.91. The van der Waals surface area contributed by atoms with E-state index >= 15 is 0 Å². The summed E-state index contributed by atoms with van der Waals surface area (Å²) in [5, 5.41) is 6.26. The maximum Gasteiger partial charge on any atom is 0.337 e. The third kappa shape index (κ3) is 5.30. The lowest BCUT2D eigenvalue weighted by molar-refractivity contribution is 0.0600. The van der Waals surface area contributed by atoms with Crippen LogP contribution in [0.1, 0.15) is 37.6 Å². The van der Waals surface area contributed by atoms with E-state index in [2.05, 4.69) is 37.2 Å². The molecule has 0 amide bonds. The van der Waals surface area contributed by atoms with Crippen LogP contribution in [0.25, 0.3) is 0 Å². The van der Waals surface area contributed by atoms with Crippen LogP contribution in [0, 0.1) is 0 Å². The van der Waals surface area contributed by atoms with Gasteiger partial charge in [-0.15, -0.1) is 0 Å². The first-order valence-corrected chi connectivity index (χ1v) is 8.18. The highest BCUT2D eigenvalue weighted by atomic mass is 16.5. The number of rotatable bonds is 8. The van der Waals surface area contributed by atoms with Gasteiger partial charge in [-0.3, -0.25) is 0 Å². The van der Waals surface area contributed by atoms with Gasteiger partial charge in [0.1, 0.15) is 5.75 Å². The van der Waals surface area contributed by atoms with Crippen molar-refractivity contribution in [2.75, 3.05) is 24.3 Å². The first-order valence-electron chi connectivity index (χ1n) is 8.18. The predicted molar refractivity (Wildman–Crippen MR) is 95.2 cm³/mol. The van der Waals surface area contributed by atoms with Gasteiger partial charge in [0, 0.05) is 12.6 Å². The van der Waals surface area contributed by atoms with Crippen molar-refractivity contribution in [1.29, 1.82) is 0 Å². The molecule has 0 saturated heterocycles. The van der Waals surface area contributed by atoms with E-state index in [1.54, 1.807) is 24.3 Å². The fraction of sp³-hybridized carbons (Fsp3) is 0.412. The van der Waals surface area contributed by atoms with E-state index in [9.17, 15) is 4.79 Å². The first kappa shape index (κ1) is 18.4. The summed E-state index contributed by atoms with van der Waals surface area (Å²) in [4.78, 5) is 24.3. The van der Waals surface area contributed by atoms with Crippen molar-refractivity contribution in [3.8, 4) is 11.8 Å². The molecule has 0 aliphatic rings. The summed E-state index contributed by atoms with van der Waals surface area (Å²) in [6.45, 7) is 6.75. The topological polar surface area (TPSA) is 98.3 Å². The number of methoxy groups -OCH3 is 1. The number of carbonyl (C=O) groups excluding carboxylic acids is 1. The molecule has 1 aromatic carbocycles. The molecule has 0 radical (unpaired) electrons. The Balaban J connectivity index is 2.20. The Hall–Kier alpha value is -2.90. The highest BCUT2D eigenvalue weighted by molar-refractivity contribution is 5.89. The standard InChI is InChI=1S/C17H23N5O3/c1-5-11(3)19-16-20-15(18-6-2)21-17(22-16)25-13-9-7-12(8-10-13)14(23)24-4/h7-11H,5-6H2,1-4H3,(H2,18,19,20,21,22)/t11-/m1/s1. The zero-order valence-electron chi connectivity index (χ0n) is 14.9. The Labute approximate surface area is 147 Å². The van der Waals surface area contributed by atoms with E-state index in [0.717, 1.165) is 6.42 Å². The van der Waals surface area contributed by atoms with E-state index in [1.165, 1.54) is 7.11 Å². The predicted octanol–water partition coefficient (Wildman–Crippen LogP) is 3.09. The molecule has 1 heterocycles. The third-order valence-electron chi connectivity index (χ3n) is 3.42. The molecule has 134 valence electrons. The third-order valence-corrected chi connectivity index (χ3v) is 3.42. The van der Waals surface area contributed by atoms with Crippen molar-refractivity contribution in [2.24, 2.45) is 0 Å². The molecule has 0 bridgehead atoms. The number of nitrogens with one attached hydrogen (secondary N) is 2. The van der Waals surface area contributed by atoms with Crippen LogP contribution in [0.15, 0.2) is 24.3 Å². The van der Waals surface area contributed by atoms with Crippen LogP contribution in [-0.2, 0) is 4.74 Å². The number of ether oxygens (including phenoxy) is 2. The fourth-order valence-electron chi connectivity index (χ4n) is 1.91. The first-order chi connectivity index (χ1) is 12.0. The lowest BCUT2D eigenvalue weighted by Crippen LogP contribution is -2.17. The monoisotopic (exact) mass is 345 g/mol. The Morgan fingerprint density at radius 3 is 2.40 bits per heavy atom. The van der Waals surface area contributed by atoms with Crippen molar-refractivity contribution in [1.82, 2.24) is 15.0 Å². The molecule has 2 N–H and O–H groups in total. The molecule has 0 aliphatic carbocycles. The molecule has 8 heteroatoms. The van der Waals surface area contributed by atoms with Gasteiger partial charge in [-0.2, -0.15) is 15.0 Å². The molecule has 0 aliphatic heterocycles. The average molecular weight is 345 g/mol. The molecule has 0 spiro atoms. The Kier molecular flexibility index (Phi) is 6.50. The molecule has 0 fully saturated rings. The van der Waals surface area contributed by atoms with Crippen LogP contribution < -0.4 is 15.4 Å². The summed E-state index contributed by atoms with van der Waals surface area (Å²) in [6, 6.07) is 6.94. The number of anilines is 2. The number of hydrogen-bond acceptors (Lipinski definition) is 8. The van der Waals surface area contributed by atoms with Gasteiger partial charge in [-0.1, -0.05) is 6.92 Å². The van der Waals surface area contributed by atoms with Crippen LogP contribution in [0.2, 0.25) is 0 Å². The van der Waals surface area contributed by atoms with Crippen LogP contribution in [0.4, 0.5) is 11.9 Å². The van der Waals surface area contributed by atoms with E-state index in [1.807, 2.05) is 13.8 Å². The van der Waals surface area contributed by atoms with E-state index in [4.69, 9.17) is 4.74 Å². The molecule has 1 atom stereocenters. The highest BCUT2D eigenvalue weighted by Crippen LogP contribution is 2.21. The summed E-state index contributed by atoms with van der Waals surface area (Å²) in [7, 11) is 1.34. The second kappa shape index (κ2) is 8.81.